The van der Waals surface area contributed by atoms with Crippen LogP contribution in [0.5, 0.6) is 0 Å². The first-order chi connectivity index (χ1) is 7.52. The van der Waals surface area contributed by atoms with Crippen LogP contribution in [-0.2, 0) is 11.3 Å². The lowest BCUT2D eigenvalue weighted by Gasteiger charge is -2.18. The van der Waals surface area contributed by atoms with E-state index in [0.29, 0.717) is 6.54 Å². The zero-order valence-corrected chi connectivity index (χ0v) is 10.2. The van der Waals surface area contributed by atoms with E-state index in [2.05, 4.69) is 32.0 Å². The van der Waals surface area contributed by atoms with Gasteiger partial charge in [-0.15, -0.1) is 0 Å². The van der Waals surface area contributed by atoms with Crippen molar-refractivity contribution in [2.75, 3.05) is 13.1 Å². The van der Waals surface area contributed by atoms with E-state index >= 15 is 0 Å². The first kappa shape index (κ1) is 12.7. The molecule has 0 spiro atoms. The van der Waals surface area contributed by atoms with Gasteiger partial charge in [-0.1, -0.05) is 25.1 Å². The molecule has 1 rings (SSSR count). The minimum atomic E-state index is -0.773. The highest BCUT2D eigenvalue weighted by Gasteiger charge is 2.08. The molecule has 0 aliphatic carbocycles. The largest absolute Gasteiger partial charge is 0.480 e. The van der Waals surface area contributed by atoms with E-state index in [0.717, 1.165) is 6.54 Å². The van der Waals surface area contributed by atoms with E-state index in [9.17, 15) is 4.79 Å². The number of carboxylic acids is 1. The van der Waals surface area contributed by atoms with Crippen molar-refractivity contribution in [2.45, 2.75) is 27.3 Å². The standard InChI is InChI=1S/C13H19NO2/c1-4-14(9-13(15)16)8-12-6-5-10(2)11(3)7-12/h5-7H,4,8-9H2,1-3H3,(H,15,16). The van der Waals surface area contributed by atoms with Gasteiger partial charge in [0.15, 0.2) is 0 Å². The summed E-state index contributed by atoms with van der Waals surface area (Å²) in [4.78, 5) is 12.5. The van der Waals surface area contributed by atoms with Gasteiger partial charge < -0.3 is 5.11 Å². The number of rotatable bonds is 5. The van der Waals surface area contributed by atoms with Crippen LogP contribution in [0, 0.1) is 13.8 Å². The van der Waals surface area contributed by atoms with Crippen LogP contribution in [0.4, 0.5) is 0 Å². The second-order valence-electron chi connectivity index (χ2n) is 4.12. The molecule has 88 valence electrons. The molecule has 1 aromatic rings. The third kappa shape index (κ3) is 3.66. The quantitative estimate of drug-likeness (QED) is 0.828. The summed E-state index contributed by atoms with van der Waals surface area (Å²) in [6.45, 7) is 7.68. The lowest BCUT2D eigenvalue weighted by atomic mass is 10.1. The van der Waals surface area contributed by atoms with Crippen molar-refractivity contribution in [1.29, 1.82) is 0 Å². The van der Waals surface area contributed by atoms with Gasteiger partial charge in [0.25, 0.3) is 0 Å². The number of aryl methyl sites for hydroxylation is 2. The third-order valence-electron chi connectivity index (χ3n) is 2.78. The Morgan fingerprint density at radius 2 is 2.00 bits per heavy atom. The molecule has 0 radical (unpaired) electrons. The van der Waals surface area contributed by atoms with Gasteiger partial charge in [-0.2, -0.15) is 0 Å². The van der Waals surface area contributed by atoms with Crippen LogP contribution in [0.1, 0.15) is 23.6 Å². The summed E-state index contributed by atoms with van der Waals surface area (Å²) in [5.74, 6) is -0.773. The average molecular weight is 221 g/mol. The summed E-state index contributed by atoms with van der Waals surface area (Å²) in [5.41, 5.74) is 3.69. The molecular formula is C13H19NO2. The van der Waals surface area contributed by atoms with E-state index in [-0.39, 0.29) is 6.54 Å². The second-order valence-corrected chi connectivity index (χ2v) is 4.12. The number of aliphatic carboxylic acids is 1. The lowest BCUT2D eigenvalue weighted by molar-refractivity contribution is -0.138. The molecule has 0 aliphatic rings. The van der Waals surface area contributed by atoms with Crippen LogP contribution in [0.2, 0.25) is 0 Å². The molecule has 3 heteroatoms. The Bertz CT molecular complexity index is 374. The smallest absolute Gasteiger partial charge is 0.317 e. The summed E-state index contributed by atoms with van der Waals surface area (Å²) < 4.78 is 0. The summed E-state index contributed by atoms with van der Waals surface area (Å²) in [6.07, 6.45) is 0. The summed E-state index contributed by atoms with van der Waals surface area (Å²) in [5, 5.41) is 8.75. The van der Waals surface area contributed by atoms with Gasteiger partial charge in [0, 0.05) is 6.54 Å². The molecule has 0 aromatic heterocycles. The van der Waals surface area contributed by atoms with E-state index in [4.69, 9.17) is 5.11 Å². The zero-order valence-electron chi connectivity index (χ0n) is 10.2. The number of benzene rings is 1. The van der Waals surface area contributed by atoms with Crippen molar-refractivity contribution in [3.8, 4) is 0 Å². The maximum absolute atomic E-state index is 10.6. The van der Waals surface area contributed by atoms with Gasteiger partial charge in [-0.3, -0.25) is 9.69 Å². The van der Waals surface area contributed by atoms with E-state index in [1.807, 2.05) is 11.8 Å². The Labute approximate surface area is 96.7 Å². The molecule has 0 unspecified atom stereocenters. The summed E-state index contributed by atoms with van der Waals surface area (Å²) in [7, 11) is 0. The fourth-order valence-electron chi connectivity index (χ4n) is 1.63. The van der Waals surface area contributed by atoms with Crippen molar-refractivity contribution in [3.05, 3.63) is 34.9 Å². The highest BCUT2D eigenvalue weighted by atomic mass is 16.4. The monoisotopic (exact) mass is 221 g/mol. The Hall–Kier alpha value is -1.35. The topological polar surface area (TPSA) is 40.5 Å². The predicted molar refractivity (Wildman–Crippen MR) is 64.5 cm³/mol. The molecule has 0 fully saturated rings. The molecule has 0 amide bonds. The fourth-order valence-corrected chi connectivity index (χ4v) is 1.63. The first-order valence-electron chi connectivity index (χ1n) is 5.53. The predicted octanol–water partition coefficient (Wildman–Crippen LogP) is 2.21. The molecule has 1 aromatic carbocycles. The zero-order chi connectivity index (χ0) is 12.1. The van der Waals surface area contributed by atoms with Crippen LogP contribution < -0.4 is 0 Å². The maximum Gasteiger partial charge on any atom is 0.317 e. The normalized spacial score (nSPS) is 10.8. The highest BCUT2D eigenvalue weighted by molar-refractivity contribution is 5.69. The van der Waals surface area contributed by atoms with Crippen LogP contribution in [-0.4, -0.2) is 29.1 Å². The van der Waals surface area contributed by atoms with E-state index < -0.39 is 5.97 Å². The van der Waals surface area contributed by atoms with Crippen molar-refractivity contribution < 1.29 is 9.90 Å². The van der Waals surface area contributed by atoms with Crippen molar-refractivity contribution >= 4 is 5.97 Å². The number of nitrogens with zero attached hydrogens (tertiary/aromatic N) is 1. The first-order valence-corrected chi connectivity index (χ1v) is 5.53. The Balaban J connectivity index is 2.70. The Kier molecular flexibility index (Phi) is 4.50. The summed E-state index contributed by atoms with van der Waals surface area (Å²) in [6, 6.07) is 6.27. The van der Waals surface area contributed by atoms with Crippen LogP contribution >= 0.6 is 0 Å². The number of likely N-dealkylation sites (N-methyl/N-ethyl adjacent to an activating group) is 1. The van der Waals surface area contributed by atoms with E-state index in [1.54, 1.807) is 0 Å². The van der Waals surface area contributed by atoms with Crippen LogP contribution in [0.15, 0.2) is 18.2 Å². The van der Waals surface area contributed by atoms with Gasteiger partial charge in [0.2, 0.25) is 0 Å². The Morgan fingerprint density at radius 1 is 1.31 bits per heavy atom. The molecule has 3 nitrogen and oxygen atoms in total. The minimum absolute atomic E-state index is 0.101. The minimum Gasteiger partial charge on any atom is -0.480 e. The van der Waals surface area contributed by atoms with Crippen LogP contribution in [0.25, 0.3) is 0 Å². The van der Waals surface area contributed by atoms with Gasteiger partial charge in [-0.25, -0.2) is 0 Å². The molecule has 16 heavy (non-hydrogen) atoms. The molecule has 0 aliphatic heterocycles. The van der Waals surface area contributed by atoms with Gasteiger partial charge >= 0.3 is 5.97 Å². The Morgan fingerprint density at radius 3 is 2.50 bits per heavy atom. The van der Waals surface area contributed by atoms with E-state index in [1.165, 1.54) is 16.7 Å². The van der Waals surface area contributed by atoms with Crippen LogP contribution in [0.3, 0.4) is 0 Å². The average Bonchev–Trinajstić information content (AvgIpc) is 2.22. The molecule has 0 saturated heterocycles. The fraction of sp³-hybridized carbons (Fsp3) is 0.462. The number of hydrogen-bond acceptors (Lipinski definition) is 2. The molecule has 0 saturated carbocycles. The molecule has 0 bridgehead atoms. The maximum atomic E-state index is 10.6. The number of hydrogen-bond donors (Lipinski definition) is 1. The number of carboxylic acid groups (broad SMARTS) is 1. The van der Waals surface area contributed by atoms with Gasteiger partial charge in [0.1, 0.15) is 0 Å². The van der Waals surface area contributed by atoms with Crippen molar-refractivity contribution in [2.24, 2.45) is 0 Å². The van der Waals surface area contributed by atoms with Crippen molar-refractivity contribution in [1.82, 2.24) is 4.90 Å². The van der Waals surface area contributed by atoms with Gasteiger partial charge in [-0.05, 0) is 37.1 Å². The SMILES string of the molecule is CCN(CC(=O)O)Cc1ccc(C)c(C)c1. The molecule has 0 atom stereocenters. The lowest BCUT2D eigenvalue weighted by Crippen LogP contribution is -2.29. The highest BCUT2D eigenvalue weighted by Crippen LogP contribution is 2.11. The van der Waals surface area contributed by atoms with Crippen molar-refractivity contribution in [3.63, 3.8) is 0 Å². The molecular weight excluding hydrogens is 202 g/mol. The third-order valence-corrected chi connectivity index (χ3v) is 2.78. The summed E-state index contributed by atoms with van der Waals surface area (Å²) >= 11 is 0. The molecule has 0 heterocycles. The molecule has 1 N–H and O–H groups in total. The second kappa shape index (κ2) is 5.66. The van der Waals surface area contributed by atoms with Gasteiger partial charge in [0.05, 0.1) is 6.54 Å². The number of carbonyl (C=O) groups is 1.